The summed E-state index contributed by atoms with van der Waals surface area (Å²) in [5.41, 5.74) is 0.422. The van der Waals surface area contributed by atoms with E-state index >= 15 is 0 Å². The first kappa shape index (κ1) is 14.3. The van der Waals surface area contributed by atoms with Gasteiger partial charge in [-0.3, -0.25) is 9.78 Å². The van der Waals surface area contributed by atoms with E-state index in [4.69, 9.17) is 0 Å². The van der Waals surface area contributed by atoms with Crippen molar-refractivity contribution in [2.75, 3.05) is 31.1 Å². The van der Waals surface area contributed by atoms with Crippen molar-refractivity contribution in [3.63, 3.8) is 0 Å². The number of aromatic nitrogens is 1. The fourth-order valence-corrected chi connectivity index (χ4v) is 3.37. The van der Waals surface area contributed by atoms with Crippen LogP contribution in [0, 0.1) is 0 Å². The molecule has 1 aromatic heterocycles. The number of nitrogens with zero attached hydrogens (tertiary/aromatic N) is 3. The molecule has 0 bridgehead atoms. The van der Waals surface area contributed by atoms with Gasteiger partial charge in [0.25, 0.3) is 0 Å². The molecule has 1 N–H and O–H groups in total. The molecule has 0 radical (unpaired) electrons. The summed E-state index contributed by atoms with van der Waals surface area (Å²) in [4.78, 5) is 20.5. The van der Waals surface area contributed by atoms with Crippen LogP contribution in [-0.2, 0) is 4.79 Å². The molecule has 2 fully saturated rings. The first-order valence-electron chi connectivity index (χ1n) is 7.81. The van der Waals surface area contributed by atoms with Crippen molar-refractivity contribution in [1.82, 2.24) is 9.88 Å². The van der Waals surface area contributed by atoms with Crippen LogP contribution in [0.15, 0.2) is 24.5 Å². The van der Waals surface area contributed by atoms with E-state index in [-0.39, 0.29) is 5.91 Å². The molecule has 1 saturated carbocycles. The lowest BCUT2D eigenvalue weighted by molar-refractivity contribution is -0.136. The highest BCUT2D eigenvalue weighted by Crippen LogP contribution is 2.32. The van der Waals surface area contributed by atoms with Gasteiger partial charge in [-0.15, -0.1) is 0 Å². The van der Waals surface area contributed by atoms with Crippen LogP contribution >= 0.6 is 0 Å². The number of pyridine rings is 1. The van der Waals surface area contributed by atoms with Crippen LogP contribution in [-0.4, -0.2) is 52.7 Å². The monoisotopic (exact) mass is 289 g/mol. The number of amides is 1. The molecule has 5 heteroatoms. The molecule has 2 heterocycles. The van der Waals surface area contributed by atoms with Crippen molar-refractivity contribution < 1.29 is 9.90 Å². The third-order valence-electron chi connectivity index (χ3n) is 4.67. The minimum atomic E-state index is -0.737. The number of piperazine rings is 1. The van der Waals surface area contributed by atoms with E-state index in [1.54, 1.807) is 12.4 Å². The van der Waals surface area contributed by atoms with E-state index in [0.29, 0.717) is 6.42 Å². The Bertz CT molecular complexity index is 478. The number of aliphatic hydroxyl groups is 1. The number of carbonyl (C=O) groups is 1. The Morgan fingerprint density at radius 2 is 1.76 bits per heavy atom. The van der Waals surface area contributed by atoms with E-state index in [9.17, 15) is 9.90 Å². The van der Waals surface area contributed by atoms with Crippen LogP contribution in [0.3, 0.4) is 0 Å². The highest BCUT2D eigenvalue weighted by atomic mass is 16.3. The number of carbonyl (C=O) groups excluding carboxylic acids is 1. The Hall–Kier alpha value is -1.62. The fourth-order valence-electron chi connectivity index (χ4n) is 3.37. The summed E-state index contributed by atoms with van der Waals surface area (Å²) in [5, 5.41) is 10.4. The molecule has 1 aromatic rings. The van der Waals surface area contributed by atoms with Gasteiger partial charge >= 0.3 is 0 Å². The molecule has 0 unspecified atom stereocenters. The fraction of sp³-hybridized carbons (Fsp3) is 0.625. The van der Waals surface area contributed by atoms with E-state index in [0.717, 1.165) is 57.5 Å². The molecule has 3 rings (SSSR count). The maximum atomic E-state index is 12.3. The summed E-state index contributed by atoms with van der Waals surface area (Å²) in [6, 6.07) is 4.00. The molecule has 0 spiro atoms. The molecule has 1 aliphatic heterocycles. The Morgan fingerprint density at radius 1 is 1.14 bits per heavy atom. The molecule has 0 atom stereocenters. The van der Waals surface area contributed by atoms with Gasteiger partial charge in [0.05, 0.1) is 12.0 Å². The molecule has 1 aliphatic carbocycles. The van der Waals surface area contributed by atoms with Crippen LogP contribution < -0.4 is 4.90 Å². The van der Waals surface area contributed by atoms with E-state index < -0.39 is 5.60 Å². The van der Waals surface area contributed by atoms with Crippen molar-refractivity contribution in [2.45, 2.75) is 37.7 Å². The van der Waals surface area contributed by atoms with Crippen LogP contribution in [0.2, 0.25) is 0 Å². The van der Waals surface area contributed by atoms with Crippen molar-refractivity contribution in [3.8, 4) is 0 Å². The van der Waals surface area contributed by atoms with Crippen molar-refractivity contribution in [3.05, 3.63) is 24.5 Å². The van der Waals surface area contributed by atoms with Gasteiger partial charge in [0.1, 0.15) is 0 Å². The second-order valence-electron chi connectivity index (χ2n) is 6.18. The van der Waals surface area contributed by atoms with Crippen LogP contribution in [0.5, 0.6) is 0 Å². The van der Waals surface area contributed by atoms with Crippen molar-refractivity contribution >= 4 is 11.6 Å². The summed E-state index contributed by atoms with van der Waals surface area (Å²) in [6.45, 7) is 3.15. The molecule has 5 nitrogen and oxygen atoms in total. The summed E-state index contributed by atoms with van der Waals surface area (Å²) >= 11 is 0. The lowest BCUT2D eigenvalue weighted by Crippen LogP contribution is -2.50. The van der Waals surface area contributed by atoms with E-state index in [1.165, 1.54) is 0 Å². The quantitative estimate of drug-likeness (QED) is 0.914. The van der Waals surface area contributed by atoms with E-state index in [2.05, 4.69) is 9.88 Å². The zero-order valence-corrected chi connectivity index (χ0v) is 12.4. The Balaban J connectivity index is 1.52. The molecule has 21 heavy (non-hydrogen) atoms. The first-order chi connectivity index (χ1) is 10.2. The van der Waals surface area contributed by atoms with Gasteiger partial charge < -0.3 is 14.9 Å². The molecule has 1 saturated heterocycles. The van der Waals surface area contributed by atoms with Gasteiger partial charge in [0.15, 0.2) is 0 Å². The number of hydrogen-bond acceptors (Lipinski definition) is 4. The van der Waals surface area contributed by atoms with Crippen LogP contribution in [0.25, 0.3) is 0 Å². The normalized spacial score (nSPS) is 21.6. The average molecular weight is 289 g/mol. The van der Waals surface area contributed by atoms with Gasteiger partial charge in [0.2, 0.25) is 5.91 Å². The Morgan fingerprint density at radius 3 is 2.38 bits per heavy atom. The third-order valence-corrected chi connectivity index (χ3v) is 4.67. The summed E-state index contributed by atoms with van der Waals surface area (Å²) in [6.07, 6.45) is 7.51. The zero-order valence-electron chi connectivity index (χ0n) is 12.4. The lowest BCUT2D eigenvalue weighted by atomic mass is 9.97. The molecule has 0 aromatic carbocycles. The average Bonchev–Trinajstić information content (AvgIpc) is 2.94. The third kappa shape index (κ3) is 3.35. The van der Waals surface area contributed by atoms with Gasteiger partial charge in [-0.2, -0.15) is 0 Å². The molecule has 114 valence electrons. The largest absolute Gasteiger partial charge is 0.389 e. The minimum Gasteiger partial charge on any atom is -0.389 e. The number of hydrogen-bond donors (Lipinski definition) is 1. The number of anilines is 1. The highest BCUT2D eigenvalue weighted by molar-refractivity contribution is 5.77. The maximum Gasteiger partial charge on any atom is 0.225 e. The van der Waals surface area contributed by atoms with Gasteiger partial charge in [-0.05, 0) is 25.0 Å². The number of rotatable bonds is 3. The van der Waals surface area contributed by atoms with Gasteiger partial charge in [0, 0.05) is 44.3 Å². The summed E-state index contributed by atoms with van der Waals surface area (Å²) in [7, 11) is 0. The standard InChI is InChI=1S/C16H23N3O2/c20-15(13-16(21)5-1-2-6-16)19-11-9-18(10-12-19)14-3-7-17-8-4-14/h3-4,7-8,21H,1-2,5-6,9-13H2. The summed E-state index contributed by atoms with van der Waals surface area (Å²) in [5.74, 6) is 0.105. The predicted octanol–water partition coefficient (Wildman–Crippen LogP) is 1.43. The summed E-state index contributed by atoms with van der Waals surface area (Å²) < 4.78 is 0. The SMILES string of the molecule is O=C(CC1(O)CCCC1)N1CCN(c2ccncc2)CC1. The Kier molecular flexibility index (Phi) is 4.10. The molecule has 1 amide bonds. The van der Waals surface area contributed by atoms with Gasteiger partial charge in [-0.1, -0.05) is 12.8 Å². The lowest BCUT2D eigenvalue weighted by Gasteiger charge is -2.37. The van der Waals surface area contributed by atoms with E-state index in [1.807, 2.05) is 17.0 Å². The molecule has 2 aliphatic rings. The first-order valence-corrected chi connectivity index (χ1v) is 7.81. The maximum absolute atomic E-state index is 12.3. The van der Waals surface area contributed by atoms with Crippen LogP contribution in [0.1, 0.15) is 32.1 Å². The smallest absolute Gasteiger partial charge is 0.225 e. The minimum absolute atomic E-state index is 0.105. The molecular formula is C16H23N3O2. The van der Waals surface area contributed by atoms with Crippen molar-refractivity contribution in [2.24, 2.45) is 0 Å². The zero-order chi connectivity index (χ0) is 14.7. The van der Waals surface area contributed by atoms with Crippen LogP contribution in [0.4, 0.5) is 5.69 Å². The predicted molar refractivity (Wildman–Crippen MR) is 81.1 cm³/mol. The van der Waals surface area contributed by atoms with Gasteiger partial charge in [-0.25, -0.2) is 0 Å². The Labute approximate surface area is 125 Å². The molecular weight excluding hydrogens is 266 g/mol. The van der Waals surface area contributed by atoms with Crippen molar-refractivity contribution in [1.29, 1.82) is 0 Å². The second-order valence-corrected chi connectivity index (χ2v) is 6.18. The topological polar surface area (TPSA) is 56.7 Å². The second kappa shape index (κ2) is 6.02. The highest BCUT2D eigenvalue weighted by Gasteiger charge is 2.35.